The molecule has 1 atom stereocenters. The van der Waals surface area contributed by atoms with Gasteiger partial charge in [-0.05, 0) is 55.5 Å². The quantitative estimate of drug-likeness (QED) is 0.793. The highest BCUT2D eigenvalue weighted by Gasteiger charge is 2.43. The minimum atomic E-state index is -0.294. The highest BCUT2D eigenvalue weighted by atomic mass is 35.5. The fourth-order valence-corrected chi connectivity index (χ4v) is 4.48. The lowest BCUT2D eigenvalue weighted by Crippen LogP contribution is -2.43. The molecule has 0 saturated carbocycles. The molecule has 0 N–H and O–H groups in total. The number of hydrogen-bond acceptors (Lipinski definition) is 4. The van der Waals surface area contributed by atoms with Gasteiger partial charge in [-0.15, -0.1) is 0 Å². The molecule has 0 bridgehead atoms. The van der Waals surface area contributed by atoms with Gasteiger partial charge in [0.05, 0.1) is 6.61 Å². The number of ether oxygens (including phenoxy) is 1. The summed E-state index contributed by atoms with van der Waals surface area (Å²) in [7, 11) is 0. The van der Waals surface area contributed by atoms with Gasteiger partial charge in [-0.1, -0.05) is 18.5 Å². The van der Waals surface area contributed by atoms with Crippen LogP contribution in [0.2, 0.25) is 5.02 Å². The van der Waals surface area contributed by atoms with Crippen LogP contribution in [0.15, 0.2) is 27.4 Å². The summed E-state index contributed by atoms with van der Waals surface area (Å²) in [6, 6.07) is 5.47. The molecule has 5 heteroatoms. The summed E-state index contributed by atoms with van der Waals surface area (Å²) in [6.45, 7) is 5.47. The van der Waals surface area contributed by atoms with E-state index < -0.39 is 0 Å². The first-order valence-electron chi connectivity index (χ1n) is 8.69. The van der Waals surface area contributed by atoms with Crippen molar-refractivity contribution >= 4 is 22.6 Å². The van der Waals surface area contributed by atoms with E-state index in [2.05, 4.69) is 4.90 Å². The van der Waals surface area contributed by atoms with Crippen LogP contribution in [0.25, 0.3) is 11.0 Å². The number of hydrogen-bond donors (Lipinski definition) is 0. The largest absolute Gasteiger partial charge is 0.423 e. The summed E-state index contributed by atoms with van der Waals surface area (Å²) in [6.07, 6.45) is 4.25. The summed E-state index contributed by atoms with van der Waals surface area (Å²) in [5.41, 5.74) is 2.49. The second-order valence-electron chi connectivity index (χ2n) is 6.94. The molecule has 1 aromatic heterocycles. The van der Waals surface area contributed by atoms with Crippen LogP contribution in [0.1, 0.15) is 37.3 Å². The Bertz CT molecular complexity index is 818. The molecule has 128 valence electrons. The summed E-state index contributed by atoms with van der Waals surface area (Å²) in [4.78, 5) is 14.5. The lowest BCUT2D eigenvalue weighted by molar-refractivity contribution is 0.0963. The predicted octanol–water partition coefficient (Wildman–Crippen LogP) is 3.76. The second kappa shape index (κ2) is 6.17. The Hall–Kier alpha value is -1.36. The average Bonchev–Trinajstić information content (AvgIpc) is 3.18. The highest BCUT2D eigenvalue weighted by Crippen LogP contribution is 2.38. The molecule has 2 saturated heterocycles. The van der Waals surface area contributed by atoms with E-state index in [0.29, 0.717) is 5.58 Å². The fourth-order valence-electron chi connectivity index (χ4n) is 4.18. The average molecular weight is 348 g/mol. The number of rotatable bonds is 3. The maximum atomic E-state index is 12.0. The molecule has 24 heavy (non-hydrogen) atoms. The van der Waals surface area contributed by atoms with Crippen LogP contribution >= 0.6 is 11.6 Å². The summed E-state index contributed by atoms with van der Waals surface area (Å²) >= 11 is 6.40. The van der Waals surface area contributed by atoms with Crippen LogP contribution in [-0.2, 0) is 17.7 Å². The van der Waals surface area contributed by atoms with Crippen molar-refractivity contribution < 1.29 is 9.15 Å². The first kappa shape index (κ1) is 16.1. The van der Waals surface area contributed by atoms with Crippen molar-refractivity contribution in [2.45, 2.75) is 44.7 Å². The van der Waals surface area contributed by atoms with E-state index in [1.165, 1.54) is 12.8 Å². The molecule has 2 fully saturated rings. The lowest BCUT2D eigenvalue weighted by Gasteiger charge is -2.33. The van der Waals surface area contributed by atoms with Crippen LogP contribution in [0.3, 0.4) is 0 Å². The van der Waals surface area contributed by atoms with Crippen LogP contribution in [0.5, 0.6) is 0 Å². The van der Waals surface area contributed by atoms with Crippen molar-refractivity contribution in [1.82, 2.24) is 4.90 Å². The molecule has 2 aromatic rings. The molecule has 0 aliphatic carbocycles. The minimum absolute atomic E-state index is 0.148. The third-order valence-corrected chi connectivity index (χ3v) is 5.91. The third-order valence-electron chi connectivity index (χ3n) is 5.56. The summed E-state index contributed by atoms with van der Waals surface area (Å²) in [5.74, 6) is 0. The fraction of sp³-hybridized carbons (Fsp3) is 0.526. The summed E-state index contributed by atoms with van der Waals surface area (Å²) < 4.78 is 11.1. The van der Waals surface area contributed by atoms with Crippen LogP contribution in [0, 0.1) is 0 Å². The zero-order valence-corrected chi connectivity index (χ0v) is 14.7. The van der Waals surface area contributed by atoms with Gasteiger partial charge < -0.3 is 9.15 Å². The molecule has 1 aromatic carbocycles. The van der Waals surface area contributed by atoms with Gasteiger partial charge in [0.1, 0.15) is 5.58 Å². The molecule has 0 radical (unpaired) electrons. The molecule has 1 unspecified atom stereocenters. The van der Waals surface area contributed by atoms with E-state index in [4.69, 9.17) is 20.8 Å². The van der Waals surface area contributed by atoms with Crippen molar-refractivity contribution in [1.29, 1.82) is 0 Å². The number of benzene rings is 1. The van der Waals surface area contributed by atoms with Gasteiger partial charge in [-0.2, -0.15) is 0 Å². The zero-order valence-electron chi connectivity index (χ0n) is 13.9. The topological polar surface area (TPSA) is 42.7 Å². The standard InChI is InChI=1S/C19H22ClNO3/c1-2-13-8-17-15(10-16(13)20)14(9-18(22)24-17)11-21-6-3-4-19(21)5-7-23-12-19/h8-10H,2-7,11-12H2,1H3. The van der Waals surface area contributed by atoms with E-state index in [1.54, 1.807) is 6.07 Å². The van der Waals surface area contributed by atoms with Gasteiger partial charge in [-0.25, -0.2) is 4.79 Å². The molecule has 4 rings (SSSR count). The third kappa shape index (κ3) is 2.67. The Balaban J connectivity index is 1.76. The van der Waals surface area contributed by atoms with Crippen molar-refractivity contribution in [3.05, 3.63) is 44.8 Å². The van der Waals surface area contributed by atoms with Gasteiger partial charge >= 0.3 is 5.63 Å². The Morgan fingerprint density at radius 3 is 2.88 bits per heavy atom. The maximum Gasteiger partial charge on any atom is 0.336 e. The summed E-state index contributed by atoms with van der Waals surface area (Å²) in [5, 5.41) is 1.68. The van der Waals surface area contributed by atoms with E-state index in [9.17, 15) is 4.79 Å². The Kier molecular flexibility index (Phi) is 4.15. The van der Waals surface area contributed by atoms with Gasteiger partial charge in [0, 0.05) is 35.2 Å². The molecular weight excluding hydrogens is 326 g/mol. The second-order valence-corrected chi connectivity index (χ2v) is 7.34. The monoisotopic (exact) mass is 347 g/mol. The van der Waals surface area contributed by atoms with E-state index in [1.807, 2.05) is 19.1 Å². The minimum Gasteiger partial charge on any atom is -0.423 e. The van der Waals surface area contributed by atoms with Crippen molar-refractivity contribution in [2.24, 2.45) is 0 Å². The highest BCUT2D eigenvalue weighted by molar-refractivity contribution is 6.32. The maximum absolute atomic E-state index is 12.0. The lowest BCUT2D eigenvalue weighted by atomic mass is 9.94. The first-order valence-corrected chi connectivity index (χ1v) is 9.07. The molecule has 2 aliphatic heterocycles. The normalized spacial score (nSPS) is 24.4. The molecule has 3 heterocycles. The van der Waals surface area contributed by atoms with E-state index in [-0.39, 0.29) is 11.2 Å². The molecule has 4 nitrogen and oxygen atoms in total. The van der Waals surface area contributed by atoms with E-state index >= 15 is 0 Å². The number of fused-ring (bicyclic) bond motifs is 1. The number of nitrogens with zero attached hydrogens (tertiary/aromatic N) is 1. The Labute approximate surface area is 146 Å². The number of likely N-dealkylation sites (tertiary alicyclic amines) is 1. The van der Waals surface area contributed by atoms with Crippen molar-refractivity contribution in [2.75, 3.05) is 19.8 Å². The SMILES string of the molecule is CCc1cc2oc(=O)cc(CN3CCCC34CCOC4)c2cc1Cl. The smallest absolute Gasteiger partial charge is 0.336 e. The predicted molar refractivity (Wildman–Crippen MR) is 94.7 cm³/mol. The van der Waals surface area contributed by atoms with Gasteiger partial charge in [0.2, 0.25) is 0 Å². The molecular formula is C19H22ClNO3. The van der Waals surface area contributed by atoms with Crippen LogP contribution in [0.4, 0.5) is 0 Å². The molecule has 1 spiro atoms. The van der Waals surface area contributed by atoms with E-state index in [0.717, 1.165) is 60.7 Å². The number of halogens is 1. The molecule has 0 amide bonds. The number of aryl methyl sites for hydroxylation is 1. The molecule has 2 aliphatic rings. The van der Waals surface area contributed by atoms with Gasteiger partial charge in [0.15, 0.2) is 0 Å². The Morgan fingerprint density at radius 2 is 2.12 bits per heavy atom. The van der Waals surface area contributed by atoms with Gasteiger partial charge in [0.25, 0.3) is 0 Å². The van der Waals surface area contributed by atoms with Crippen molar-refractivity contribution in [3.8, 4) is 0 Å². The van der Waals surface area contributed by atoms with Crippen molar-refractivity contribution in [3.63, 3.8) is 0 Å². The zero-order chi connectivity index (χ0) is 16.7. The Morgan fingerprint density at radius 1 is 1.25 bits per heavy atom. The first-order chi connectivity index (χ1) is 11.6. The van der Waals surface area contributed by atoms with Gasteiger partial charge in [-0.3, -0.25) is 4.90 Å². The van der Waals surface area contributed by atoms with Crippen LogP contribution in [-0.4, -0.2) is 30.2 Å². The van der Waals surface area contributed by atoms with Crippen LogP contribution < -0.4 is 5.63 Å².